The summed E-state index contributed by atoms with van der Waals surface area (Å²) in [5.41, 5.74) is 1.49. The molecule has 0 aliphatic carbocycles. The lowest BCUT2D eigenvalue weighted by Gasteiger charge is -2.25. The van der Waals surface area contributed by atoms with Crippen LogP contribution in [0.5, 0.6) is 0 Å². The zero-order valence-electron chi connectivity index (χ0n) is 7.82. The van der Waals surface area contributed by atoms with E-state index < -0.39 is 0 Å². The molecule has 1 heterocycles. The molecule has 1 saturated heterocycles. The van der Waals surface area contributed by atoms with Crippen molar-refractivity contribution >= 4 is 23.5 Å². The summed E-state index contributed by atoms with van der Waals surface area (Å²) in [5.74, 6) is 2.60. The third-order valence-electron chi connectivity index (χ3n) is 2.43. The summed E-state index contributed by atoms with van der Waals surface area (Å²) < 4.78 is 0.362. The smallest absolute Gasteiger partial charge is 0.0858 e. The molecule has 1 aromatic carbocycles. The molecule has 0 spiro atoms. The normalized spacial score (nSPS) is 20.4. The Bertz CT molecular complexity index is 263. The molecule has 70 valence electrons. The second kappa shape index (κ2) is 3.97. The number of hydrogen-bond donors (Lipinski definition) is 0. The van der Waals surface area contributed by atoms with E-state index in [0.29, 0.717) is 4.08 Å². The molecule has 2 rings (SSSR count). The molecule has 0 aromatic heterocycles. The molecule has 0 atom stereocenters. The van der Waals surface area contributed by atoms with E-state index in [1.54, 1.807) is 0 Å². The number of benzene rings is 1. The lowest BCUT2D eigenvalue weighted by atomic mass is 10.1. The Kier molecular flexibility index (Phi) is 2.89. The largest absolute Gasteiger partial charge is 0.139 e. The highest BCUT2D eigenvalue weighted by Gasteiger charge is 2.35. The molecule has 1 fully saturated rings. The molecular formula is C11H14S2. The Morgan fingerprint density at radius 2 is 1.77 bits per heavy atom. The van der Waals surface area contributed by atoms with E-state index in [1.807, 2.05) is 0 Å². The van der Waals surface area contributed by atoms with Crippen LogP contribution in [0.25, 0.3) is 0 Å². The number of hydrogen-bond acceptors (Lipinski definition) is 2. The van der Waals surface area contributed by atoms with Gasteiger partial charge in [0.2, 0.25) is 0 Å². The maximum Gasteiger partial charge on any atom is 0.0858 e. The predicted octanol–water partition coefficient (Wildman–Crippen LogP) is 3.73. The second-order valence-electron chi connectivity index (χ2n) is 3.17. The van der Waals surface area contributed by atoms with Crippen molar-refractivity contribution in [2.75, 3.05) is 11.5 Å². The van der Waals surface area contributed by atoms with Crippen molar-refractivity contribution in [3.63, 3.8) is 0 Å². The summed E-state index contributed by atoms with van der Waals surface area (Å²) in [7, 11) is 0. The van der Waals surface area contributed by atoms with Crippen LogP contribution >= 0.6 is 23.5 Å². The van der Waals surface area contributed by atoms with E-state index in [2.05, 4.69) is 60.8 Å². The molecule has 1 aliphatic heterocycles. The SMILES string of the molecule is CCC1(c2ccccc2)SCCS1. The van der Waals surface area contributed by atoms with Crippen LogP contribution < -0.4 is 0 Å². The molecule has 0 bridgehead atoms. The van der Waals surface area contributed by atoms with E-state index in [4.69, 9.17) is 0 Å². The van der Waals surface area contributed by atoms with Crippen LogP contribution in [-0.4, -0.2) is 11.5 Å². The first kappa shape index (κ1) is 9.47. The van der Waals surface area contributed by atoms with Crippen molar-refractivity contribution in [1.82, 2.24) is 0 Å². The minimum absolute atomic E-state index is 0.362. The summed E-state index contributed by atoms with van der Waals surface area (Å²) in [6, 6.07) is 10.9. The van der Waals surface area contributed by atoms with Crippen LogP contribution in [0.1, 0.15) is 18.9 Å². The van der Waals surface area contributed by atoms with Gasteiger partial charge in [-0.2, -0.15) is 0 Å². The zero-order chi connectivity index (χ0) is 9.15. The lowest BCUT2D eigenvalue weighted by molar-refractivity contribution is 0.839. The first-order valence-electron chi connectivity index (χ1n) is 4.71. The molecule has 2 heteroatoms. The minimum Gasteiger partial charge on any atom is -0.139 e. The van der Waals surface area contributed by atoms with Gasteiger partial charge in [-0.15, -0.1) is 23.5 Å². The van der Waals surface area contributed by atoms with E-state index >= 15 is 0 Å². The van der Waals surface area contributed by atoms with Crippen LogP contribution in [0.3, 0.4) is 0 Å². The summed E-state index contributed by atoms with van der Waals surface area (Å²) >= 11 is 4.21. The van der Waals surface area contributed by atoms with Crippen molar-refractivity contribution in [2.24, 2.45) is 0 Å². The van der Waals surface area contributed by atoms with Crippen molar-refractivity contribution in [3.8, 4) is 0 Å². The van der Waals surface area contributed by atoms with Gasteiger partial charge in [0.1, 0.15) is 0 Å². The van der Waals surface area contributed by atoms with E-state index in [9.17, 15) is 0 Å². The van der Waals surface area contributed by atoms with Gasteiger partial charge in [0.05, 0.1) is 4.08 Å². The monoisotopic (exact) mass is 210 g/mol. The van der Waals surface area contributed by atoms with Crippen molar-refractivity contribution in [3.05, 3.63) is 35.9 Å². The molecule has 0 unspecified atom stereocenters. The number of thioether (sulfide) groups is 2. The van der Waals surface area contributed by atoms with Gasteiger partial charge in [-0.3, -0.25) is 0 Å². The highest BCUT2D eigenvalue weighted by Crippen LogP contribution is 2.53. The van der Waals surface area contributed by atoms with Gasteiger partial charge in [0.15, 0.2) is 0 Å². The summed E-state index contributed by atoms with van der Waals surface area (Å²) in [6.07, 6.45) is 1.23. The molecule has 0 amide bonds. The Labute approximate surface area is 88.5 Å². The summed E-state index contributed by atoms with van der Waals surface area (Å²) in [6.45, 7) is 2.29. The maximum atomic E-state index is 2.29. The van der Waals surface area contributed by atoms with Gasteiger partial charge in [0.25, 0.3) is 0 Å². The fraction of sp³-hybridized carbons (Fsp3) is 0.455. The van der Waals surface area contributed by atoms with E-state index in [1.165, 1.54) is 23.5 Å². The Morgan fingerprint density at radius 1 is 1.15 bits per heavy atom. The molecule has 0 radical (unpaired) electrons. The zero-order valence-corrected chi connectivity index (χ0v) is 9.46. The average molecular weight is 210 g/mol. The Hall–Kier alpha value is -0.0800. The molecule has 13 heavy (non-hydrogen) atoms. The van der Waals surface area contributed by atoms with Crippen molar-refractivity contribution < 1.29 is 0 Å². The van der Waals surface area contributed by atoms with E-state index in [0.717, 1.165) is 0 Å². The number of rotatable bonds is 2. The Balaban J connectivity index is 2.31. The van der Waals surface area contributed by atoms with Crippen molar-refractivity contribution in [2.45, 2.75) is 17.4 Å². The first-order chi connectivity index (χ1) is 6.37. The van der Waals surface area contributed by atoms with Gasteiger partial charge < -0.3 is 0 Å². The lowest BCUT2D eigenvalue weighted by Crippen LogP contribution is -2.12. The fourth-order valence-corrected chi connectivity index (χ4v) is 4.89. The molecule has 0 nitrogen and oxygen atoms in total. The van der Waals surface area contributed by atoms with Gasteiger partial charge in [-0.05, 0) is 12.0 Å². The second-order valence-corrected chi connectivity index (χ2v) is 6.22. The van der Waals surface area contributed by atoms with Gasteiger partial charge in [-0.25, -0.2) is 0 Å². The first-order valence-corrected chi connectivity index (χ1v) is 6.68. The quantitative estimate of drug-likeness (QED) is 0.729. The third kappa shape index (κ3) is 1.75. The van der Waals surface area contributed by atoms with Crippen LogP contribution in [0.2, 0.25) is 0 Å². The van der Waals surface area contributed by atoms with Crippen molar-refractivity contribution in [1.29, 1.82) is 0 Å². The third-order valence-corrected chi connectivity index (χ3v) is 6.20. The molecule has 0 saturated carbocycles. The summed E-state index contributed by atoms with van der Waals surface area (Å²) in [4.78, 5) is 0. The summed E-state index contributed by atoms with van der Waals surface area (Å²) in [5, 5.41) is 0. The van der Waals surface area contributed by atoms with Gasteiger partial charge >= 0.3 is 0 Å². The van der Waals surface area contributed by atoms with Crippen LogP contribution in [-0.2, 0) is 4.08 Å². The molecule has 0 N–H and O–H groups in total. The van der Waals surface area contributed by atoms with Gasteiger partial charge in [0, 0.05) is 11.5 Å². The van der Waals surface area contributed by atoms with Crippen LogP contribution in [0, 0.1) is 0 Å². The highest BCUT2D eigenvalue weighted by molar-refractivity contribution is 8.20. The topological polar surface area (TPSA) is 0 Å². The Morgan fingerprint density at radius 3 is 2.31 bits per heavy atom. The van der Waals surface area contributed by atoms with Crippen LogP contribution in [0.15, 0.2) is 30.3 Å². The molecular weight excluding hydrogens is 196 g/mol. The standard InChI is InChI=1S/C11H14S2/c1-2-11(12-8-9-13-11)10-6-4-3-5-7-10/h3-7H,2,8-9H2,1H3. The maximum absolute atomic E-state index is 2.29. The van der Waals surface area contributed by atoms with E-state index in [-0.39, 0.29) is 0 Å². The molecule has 1 aromatic rings. The highest BCUT2D eigenvalue weighted by atomic mass is 32.2. The average Bonchev–Trinajstić information content (AvgIpc) is 2.69. The minimum atomic E-state index is 0.362. The predicted molar refractivity (Wildman–Crippen MR) is 63.3 cm³/mol. The molecule has 1 aliphatic rings. The fourth-order valence-electron chi connectivity index (χ4n) is 1.72. The van der Waals surface area contributed by atoms with Crippen LogP contribution in [0.4, 0.5) is 0 Å². The van der Waals surface area contributed by atoms with Gasteiger partial charge in [-0.1, -0.05) is 37.3 Å².